The average Bonchev–Trinajstić information content (AvgIpc) is 2.24. The molecule has 0 bridgehead atoms. The predicted octanol–water partition coefficient (Wildman–Crippen LogP) is 2.83. The molecule has 0 aliphatic carbocycles. The summed E-state index contributed by atoms with van der Waals surface area (Å²) in [6, 6.07) is 2.10. The largest absolute Gasteiger partial charge is 0.416 e. The van der Waals surface area contributed by atoms with E-state index in [1.54, 1.807) is 0 Å². The van der Waals surface area contributed by atoms with Crippen molar-refractivity contribution in [3.63, 3.8) is 0 Å². The minimum absolute atomic E-state index is 0.0601. The Morgan fingerprint density at radius 2 is 1.94 bits per heavy atom. The molecule has 0 aliphatic rings. The molecule has 1 rings (SSSR count). The number of carbonyl (C=O) groups is 1. The van der Waals surface area contributed by atoms with E-state index in [2.05, 4.69) is 0 Å². The summed E-state index contributed by atoms with van der Waals surface area (Å²) in [6.45, 7) is 0. The lowest BCUT2D eigenvalue weighted by molar-refractivity contribution is -0.385. The van der Waals surface area contributed by atoms with Gasteiger partial charge >= 0.3 is 6.18 Å². The summed E-state index contributed by atoms with van der Waals surface area (Å²) >= 11 is 0. The Morgan fingerprint density at radius 3 is 2.41 bits per heavy atom. The lowest BCUT2D eigenvalue weighted by atomic mass is 10.1. The first kappa shape index (κ1) is 12.9. The van der Waals surface area contributed by atoms with Crippen molar-refractivity contribution in [1.29, 1.82) is 0 Å². The second kappa shape index (κ2) is 4.77. The second-order valence-electron chi connectivity index (χ2n) is 3.02. The average molecular weight is 245 g/mol. The van der Waals surface area contributed by atoms with Gasteiger partial charge in [-0.3, -0.25) is 14.9 Å². The molecule has 0 N–H and O–H groups in total. The standard InChI is InChI=1S/C10H6F3NO3/c11-10(12,13)8-4-3-7(2-1-5-15)9(6-8)14(16)17/h1-6H. The topological polar surface area (TPSA) is 60.2 Å². The number of nitrogens with zero attached hydrogens (tertiary/aromatic N) is 1. The lowest BCUT2D eigenvalue weighted by Gasteiger charge is -2.06. The van der Waals surface area contributed by atoms with Gasteiger partial charge < -0.3 is 0 Å². The van der Waals surface area contributed by atoms with Gasteiger partial charge in [-0.1, -0.05) is 0 Å². The van der Waals surface area contributed by atoms with Crippen molar-refractivity contribution in [3.8, 4) is 0 Å². The van der Waals surface area contributed by atoms with Gasteiger partial charge in [0.2, 0.25) is 0 Å². The summed E-state index contributed by atoms with van der Waals surface area (Å²) in [5.74, 6) is 0. The van der Waals surface area contributed by atoms with E-state index in [0.717, 1.165) is 24.3 Å². The van der Waals surface area contributed by atoms with Crippen molar-refractivity contribution in [2.24, 2.45) is 0 Å². The first-order chi connectivity index (χ1) is 7.86. The third-order valence-corrected chi connectivity index (χ3v) is 1.91. The number of aldehydes is 1. The molecule has 0 saturated heterocycles. The highest BCUT2D eigenvalue weighted by molar-refractivity contribution is 5.76. The van der Waals surface area contributed by atoms with Crippen LogP contribution in [0.4, 0.5) is 18.9 Å². The van der Waals surface area contributed by atoms with Crippen molar-refractivity contribution in [1.82, 2.24) is 0 Å². The minimum atomic E-state index is -4.64. The molecular weight excluding hydrogens is 239 g/mol. The third-order valence-electron chi connectivity index (χ3n) is 1.91. The van der Waals surface area contributed by atoms with E-state index in [-0.39, 0.29) is 5.56 Å². The minimum Gasteiger partial charge on any atom is -0.299 e. The fraction of sp³-hybridized carbons (Fsp3) is 0.100. The summed E-state index contributed by atoms with van der Waals surface area (Å²) in [4.78, 5) is 19.7. The fourth-order valence-corrected chi connectivity index (χ4v) is 1.16. The molecule has 1 aromatic carbocycles. The van der Waals surface area contributed by atoms with Crippen LogP contribution in [0.1, 0.15) is 11.1 Å². The second-order valence-corrected chi connectivity index (χ2v) is 3.02. The van der Waals surface area contributed by atoms with Crippen molar-refractivity contribution >= 4 is 18.0 Å². The van der Waals surface area contributed by atoms with E-state index in [1.165, 1.54) is 0 Å². The molecule has 0 aromatic heterocycles. The number of hydrogen-bond donors (Lipinski definition) is 0. The zero-order valence-electron chi connectivity index (χ0n) is 8.27. The van der Waals surface area contributed by atoms with E-state index in [0.29, 0.717) is 12.4 Å². The third kappa shape index (κ3) is 3.13. The molecule has 1 aromatic rings. The van der Waals surface area contributed by atoms with Crippen LogP contribution >= 0.6 is 0 Å². The molecule has 0 aliphatic heterocycles. The maximum Gasteiger partial charge on any atom is 0.416 e. The highest BCUT2D eigenvalue weighted by Gasteiger charge is 2.32. The van der Waals surface area contributed by atoms with Crippen LogP contribution in [-0.4, -0.2) is 11.2 Å². The smallest absolute Gasteiger partial charge is 0.299 e. The molecule has 0 radical (unpaired) electrons. The maximum atomic E-state index is 12.3. The van der Waals surface area contributed by atoms with Crippen LogP contribution in [0.3, 0.4) is 0 Å². The molecule has 0 saturated carbocycles. The number of halogens is 3. The highest BCUT2D eigenvalue weighted by atomic mass is 19.4. The van der Waals surface area contributed by atoms with Gasteiger partial charge in [-0.05, 0) is 24.3 Å². The van der Waals surface area contributed by atoms with E-state index in [4.69, 9.17) is 0 Å². The van der Waals surface area contributed by atoms with Crippen LogP contribution in [0.5, 0.6) is 0 Å². The van der Waals surface area contributed by atoms with E-state index in [9.17, 15) is 28.1 Å². The van der Waals surface area contributed by atoms with E-state index in [1.807, 2.05) is 0 Å². The van der Waals surface area contributed by atoms with Crippen LogP contribution in [0, 0.1) is 10.1 Å². The summed E-state index contributed by atoms with van der Waals surface area (Å²) in [5.41, 5.74) is -1.86. The molecular formula is C10H6F3NO3. The molecule has 0 heterocycles. The van der Waals surface area contributed by atoms with Crippen molar-refractivity contribution in [2.45, 2.75) is 6.18 Å². The Morgan fingerprint density at radius 1 is 1.29 bits per heavy atom. The number of alkyl halides is 3. The molecule has 4 nitrogen and oxygen atoms in total. The zero-order chi connectivity index (χ0) is 13.1. The summed E-state index contributed by atoms with van der Waals surface area (Å²) in [5, 5.41) is 10.6. The Balaban J connectivity index is 3.32. The number of rotatable bonds is 3. The Kier molecular flexibility index (Phi) is 3.62. The number of allylic oxidation sites excluding steroid dienone is 1. The number of benzene rings is 1. The van der Waals surface area contributed by atoms with Gasteiger partial charge in [0.05, 0.1) is 16.1 Å². The van der Waals surface area contributed by atoms with Crippen LogP contribution in [0.2, 0.25) is 0 Å². The fourth-order valence-electron chi connectivity index (χ4n) is 1.16. The van der Waals surface area contributed by atoms with Crippen molar-refractivity contribution < 1.29 is 22.9 Å². The Hall–Kier alpha value is -2.18. The monoisotopic (exact) mass is 245 g/mol. The normalized spacial score (nSPS) is 11.7. The molecule has 0 spiro atoms. The SMILES string of the molecule is O=CC=Cc1ccc(C(F)(F)F)cc1[N+](=O)[O-]. The molecule has 0 amide bonds. The van der Waals surface area contributed by atoms with E-state index >= 15 is 0 Å². The molecule has 0 unspecified atom stereocenters. The number of carbonyl (C=O) groups excluding carboxylic acids is 1. The Labute approximate surface area is 93.5 Å². The van der Waals surface area contributed by atoms with Gasteiger partial charge in [-0.2, -0.15) is 13.2 Å². The number of nitro groups is 1. The molecule has 0 atom stereocenters. The molecule has 7 heteroatoms. The van der Waals surface area contributed by atoms with Gasteiger partial charge in [0.25, 0.3) is 5.69 Å². The maximum absolute atomic E-state index is 12.3. The summed E-state index contributed by atoms with van der Waals surface area (Å²) in [6.07, 6.45) is -2.22. The lowest BCUT2D eigenvalue weighted by Crippen LogP contribution is -2.06. The van der Waals surface area contributed by atoms with Crippen molar-refractivity contribution in [3.05, 3.63) is 45.5 Å². The highest BCUT2D eigenvalue weighted by Crippen LogP contribution is 2.33. The summed E-state index contributed by atoms with van der Waals surface area (Å²) < 4.78 is 37.0. The van der Waals surface area contributed by atoms with Crippen LogP contribution in [-0.2, 0) is 11.0 Å². The zero-order valence-corrected chi connectivity index (χ0v) is 8.27. The van der Waals surface area contributed by atoms with Crippen LogP contribution < -0.4 is 0 Å². The molecule has 0 fully saturated rings. The van der Waals surface area contributed by atoms with Gasteiger partial charge in [-0.25, -0.2) is 0 Å². The van der Waals surface area contributed by atoms with Crippen LogP contribution in [0.15, 0.2) is 24.3 Å². The van der Waals surface area contributed by atoms with Gasteiger partial charge in [0.15, 0.2) is 0 Å². The number of hydrogen-bond acceptors (Lipinski definition) is 3. The molecule has 90 valence electrons. The predicted molar refractivity (Wildman–Crippen MR) is 53.2 cm³/mol. The number of nitro benzene ring substituents is 1. The van der Waals surface area contributed by atoms with Gasteiger partial charge in [0, 0.05) is 6.07 Å². The quantitative estimate of drug-likeness (QED) is 0.356. The first-order valence-electron chi connectivity index (χ1n) is 4.33. The first-order valence-corrected chi connectivity index (χ1v) is 4.33. The van der Waals surface area contributed by atoms with Crippen molar-refractivity contribution in [2.75, 3.05) is 0 Å². The van der Waals surface area contributed by atoms with Gasteiger partial charge in [0.1, 0.15) is 6.29 Å². The Bertz CT molecular complexity index is 480. The van der Waals surface area contributed by atoms with E-state index < -0.39 is 22.4 Å². The van der Waals surface area contributed by atoms with Crippen LogP contribution in [0.25, 0.3) is 6.08 Å². The molecule has 17 heavy (non-hydrogen) atoms. The summed E-state index contributed by atoms with van der Waals surface area (Å²) in [7, 11) is 0. The van der Waals surface area contributed by atoms with Gasteiger partial charge in [-0.15, -0.1) is 0 Å².